The van der Waals surface area contributed by atoms with Crippen LogP contribution in [0.2, 0.25) is 0 Å². The zero-order chi connectivity index (χ0) is 7.49. The van der Waals surface area contributed by atoms with E-state index in [0.29, 0.717) is 6.08 Å². The fourth-order valence-electron chi connectivity index (χ4n) is 0.152. The molecule has 0 spiro atoms. The average Bonchev–Trinajstić information content (AvgIpc) is 1.63. The molecule has 5 nitrogen and oxygen atoms in total. The summed E-state index contributed by atoms with van der Waals surface area (Å²) in [5.74, 6) is -2.71. The molecule has 3 N–H and O–H groups in total. The highest BCUT2D eigenvalue weighted by molar-refractivity contribution is 7.32. The van der Waals surface area contributed by atoms with Crippen LogP contribution in [0.3, 0.4) is 0 Å². The standard InChI is InChI=1S/C3H5O5P/c1-2-3(4,5)8-9(6)7/h2,4-5H,1H2/p+1. The number of rotatable bonds is 3. The molecule has 0 rings (SSSR count). The summed E-state index contributed by atoms with van der Waals surface area (Å²) in [6, 6.07) is 0. The molecule has 0 saturated carbocycles. The van der Waals surface area contributed by atoms with E-state index in [9.17, 15) is 4.57 Å². The zero-order valence-electron chi connectivity index (χ0n) is 4.39. The van der Waals surface area contributed by atoms with Crippen LogP contribution in [-0.2, 0) is 9.09 Å². The van der Waals surface area contributed by atoms with Crippen LogP contribution in [0.5, 0.6) is 0 Å². The van der Waals surface area contributed by atoms with E-state index in [1.165, 1.54) is 0 Å². The summed E-state index contributed by atoms with van der Waals surface area (Å²) in [5, 5.41) is 16.7. The maximum Gasteiger partial charge on any atom is 0.700 e. The molecule has 0 aromatic rings. The van der Waals surface area contributed by atoms with Gasteiger partial charge < -0.3 is 10.2 Å². The van der Waals surface area contributed by atoms with E-state index in [-0.39, 0.29) is 0 Å². The van der Waals surface area contributed by atoms with Gasteiger partial charge in [-0.1, -0.05) is 6.58 Å². The van der Waals surface area contributed by atoms with Gasteiger partial charge in [0.25, 0.3) is 0 Å². The minimum Gasteiger partial charge on any atom is -0.337 e. The normalized spacial score (nSPS) is 13.0. The molecule has 0 aliphatic carbocycles. The van der Waals surface area contributed by atoms with Crippen LogP contribution in [0, 0.1) is 0 Å². The first-order valence-electron chi connectivity index (χ1n) is 1.91. The Labute approximate surface area is 52.2 Å². The van der Waals surface area contributed by atoms with Gasteiger partial charge in [0.15, 0.2) is 0 Å². The van der Waals surface area contributed by atoms with E-state index in [1.54, 1.807) is 0 Å². The molecule has 0 amide bonds. The van der Waals surface area contributed by atoms with Crippen molar-refractivity contribution in [3.63, 3.8) is 0 Å². The van der Waals surface area contributed by atoms with E-state index in [1.807, 2.05) is 0 Å². The quantitative estimate of drug-likeness (QED) is 0.288. The summed E-state index contributed by atoms with van der Waals surface area (Å²) < 4.78 is 13.4. The second kappa shape index (κ2) is 3.00. The molecule has 0 saturated heterocycles. The van der Waals surface area contributed by atoms with Gasteiger partial charge in [-0.3, -0.25) is 0 Å². The van der Waals surface area contributed by atoms with Gasteiger partial charge >= 0.3 is 14.2 Å². The minimum atomic E-state index is -3.02. The van der Waals surface area contributed by atoms with Gasteiger partial charge in [0.2, 0.25) is 0 Å². The molecule has 1 atom stereocenters. The third kappa shape index (κ3) is 4.20. The molecular formula is C3H6O5P+. The largest absolute Gasteiger partial charge is 0.700 e. The fourth-order valence-corrected chi connectivity index (χ4v) is 0.457. The maximum atomic E-state index is 9.73. The predicted molar refractivity (Wildman–Crippen MR) is 28.3 cm³/mol. The second-order valence-electron chi connectivity index (χ2n) is 1.19. The van der Waals surface area contributed by atoms with E-state index in [4.69, 9.17) is 15.1 Å². The zero-order valence-corrected chi connectivity index (χ0v) is 5.28. The van der Waals surface area contributed by atoms with Crippen LogP contribution in [0.4, 0.5) is 0 Å². The molecular weight excluding hydrogens is 147 g/mol. The molecule has 9 heavy (non-hydrogen) atoms. The SMILES string of the molecule is C=CC(O)(O)O[P+](=O)O. The summed E-state index contributed by atoms with van der Waals surface area (Å²) in [6.45, 7) is 2.92. The molecule has 0 bridgehead atoms. The fraction of sp³-hybridized carbons (Fsp3) is 0.333. The van der Waals surface area contributed by atoms with Crippen LogP contribution in [-0.4, -0.2) is 21.1 Å². The summed E-state index contributed by atoms with van der Waals surface area (Å²) >= 11 is 0. The van der Waals surface area contributed by atoms with Crippen molar-refractivity contribution in [2.75, 3.05) is 0 Å². The smallest absolute Gasteiger partial charge is 0.337 e. The highest BCUT2D eigenvalue weighted by Crippen LogP contribution is 2.22. The van der Waals surface area contributed by atoms with Gasteiger partial charge in [0.05, 0.1) is 0 Å². The van der Waals surface area contributed by atoms with Crippen molar-refractivity contribution in [2.45, 2.75) is 5.97 Å². The van der Waals surface area contributed by atoms with Crippen LogP contribution in [0.15, 0.2) is 12.7 Å². The van der Waals surface area contributed by atoms with Crippen molar-refractivity contribution in [1.29, 1.82) is 0 Å². The Morgan fingerprint density at radius 3 is 2.22 bits per heavy atom. The van der Waals surface area contributed by atoms with E-state index < -0.39 is 14.2 Å². The number of hydrogen-bond acceptors (Lipinski definition) is 4. The Bertz CT molecular complexity index is 130. The van der Waals surface area contributed by atoms with Gasteiger partial charge in [0.1, 0.15) is 0 Å². The Morgan fingerprint density at radius 1 is 1.67 bits per heavy atom. The van der Waals surface area contributed by atoms with Crippen LogP contribution >= 0.6 is 8.25 Å². The van der Waals surface area contributed by atoms with E-state index in [0.717, 1.165) is 0 Å². The Kier molecular flexibility index (Phi) is 2.90. The van der Waals surface area contributed by atoms with Crippen molar-refractivity contribution >= 4 is 8.25 Å². The summed E-state index contributed by atoms with van der Waals surface area (Å²) in [6.07, 6.45) is 0.580. The lowest BCUT2D eigenvalue weighted by molar-refractivity contribution is -0.253. The predicted octanol–water partition coefficient (Wildman–Crippen LogP) is -0.523. The molecule has 0 fully saturated rings. The van der Waals surface area contributed by atoms with Crippen molar-refractivity contribution < 1.29 is 24.2 Å². The number of aliphatic hydroxyl groups is 2. The molecule has 0 heterocycles. The first-order valence-corrected chi connectivity index (χ1v) is 3.04. The van der Waals surface area contributed by atoms with Crippen molar-refractivity contribution in [3.05, 3.63) is 12.7 Å². The molecule has 0 aliphatic rings. The molecule has 0 aromatic heterocycles. The molecule has 52 valence electrons. The Balaban J connectivity index is 3.86. The molecule has 6 heteroatoms. The van der Waals surface area contributed by atoms with Crippen molar-refractivity contribution in [2.24, 2.45) is 0 Å². The van der Waals surface area contributed by atoms with Gasteiger partial charge in [0, 0.05) is 10.6 Å². The first-order chi connectivity index (χ1) is 3.98. The van der Waals surface area contributed by atoms with Gasteiger partial charge in [-0.05, 0) is 4.52 Å². The molecule has 0 aliphatic heterocycles. The topological polar surface area (TPSA) is 87.0 Å². The van der Waals surface area contributed by atoms with Crippen LogP contribution in [0.1, 0.15) is 0 Å². The highest BCUT2D eigenvalue weighted by Gasteiger charge is 2.32. The lowest BCUT2D eigenvalue weighted by Crippen LogP contribution is -2.25. The summed E-state index contributed by atoms with van der Waals surface area (Å²) in [5.41, 5.74) is 0. The van der Waals surface area contributed by atoms with Gasteiger partial charge in [-0.25, -0.2) is 0 Å². The van der Waals surface area contributed by atoms with Gasteiger partial charge in [-0.2, -0.15) is 0 Å². The lowest BCUT2D eigenvalue weighted by Gasteiger charge is -2.05. The van der Waals surface area contributed by atoms with E-state index in [2.05, 4.69) is 11.1 Å². The monoisotopic (exact) mass is 153 g/mol. The average molecular weight is 153 g/mol. The second-order valence-corrected chi connectivity index (χ2v) is 1.85. The third-order valence-electron chi connectivity index (χ3n) is 0.478. The maximum absolute atomic E-state index is 9.73. The van der Waals surface area contributed by atoms with Crippen molar-refractivity contribution in [1.82, 2.24) is 0 Å². The van der Waals surface area contributed by atoms with E-state index >= 15 is 0 Å². The van der Waals surface area contributed by atoms with Crippen LogP contribution in [0.25, 0.3) is 0 Å². The lowest BCUT2D eigenvalue weighted by atomic mass is 10.6. The van der Waals surface area contributed by atoms with Gasteiger partial charge in [-0.15, -0.1) is 4.89 Å². The highest BCUT2D eigenvalue weighted by atomic mass is 31.1. The molecule has 1 unspecified atom stereocenters. The third-order valence-corrected chi connectivity index (χ3v) is 0.903. The Hall–Kier alpha value is -0.320. The minimum absolute atomic E-state index is 0.580. The molecule has 0 aromatic carbocycles. The summed E-state index contributed by atoms with van der Waals surface area (Å²) in [4.78, 5) is 7.94. The summed E-state index contributed by atoms with van der Waals surface area (Å²) in [7, 11) is -3.02. The first kappa shape index (κ1) is 8.68. The van der Waals surface area contributed by atoms with Crippen LogP contribution < -0.4 is 0 Å². The number of hydrogen-bond donors (Lipinski definition) is 3. The molecule has 0 radical (unpaired) electrons. The Morgan fingerprint density at radius 2 is 2.11 bits per heavy atom. The van der Waals surface area contributed by atoms with Crippen molar-refractivity contribution in [3.8, 4) is 0 Å².